The number of benzene rings is 2. The molecule has 0 aliphatic heterocycles. The molecule has 1 N–H and O–H groups in total. The predicted octanol–water partition coefficient (Wildman–Crippen LogP) is 5.56. The van der Waals surface area contributed by atoms with E-state index in [0.717, 1.165) is 32.0 Å². The van der Waals surface area contributed by atoms with Gasteiger partial charge in [0.25, 0.3) is 5.91 Å². The lowest BCUT2D eigenvalue weighted by Crippen LogP contribution is -2.13. The Bertz CT molecular complexity index is 1050. The summed E-state index contributed by atoms with van der Waals surface area (Å²) in [4.78, 5) is 17.1. The predicted molar refractivity (Wildman–Crippen MR) is 110 cm³/mol. The Morgan fingerprint density at radius 2 is 1.88 bits per heavy atom. The van der Waals surface area contributed by atoms with Gasteiger partial charge in [-0.1, -0.05) is 11.8 Å². The van der Waals surface area contributed by atoms with Crippen molar-refractivity contribution in [2.45, 2.75) is 34.6 Å². The number of hydrogen-bond donors (Lipinski definition) is 1. The van der Waals surface area contributed by atoms with Gasteiger partial charge in [0.1, 0.15) is 0 Å². The first kappa shape index (κ1) is 18.2. The van der Waals surface area contributed by atoms with Gasteiger partial charge in [-0.15, -0.1) is 11.3 Å². The number of carbonyl (C=O) groups is 1. The standard InChI is InChI=1S/C22H22N2OS/c1-14-12-16(10-11-22(3,4)5)6-8-18(14)21(25)24-17-7-9-20-19(13-17)23-15(2)26-20/h6-9,12-13H,1-5H3,(H,24,25). The lowest BCUT2D eigenvalue weighted by Gasteiger charge is -2.09. The molecule has 3 rings (SSSR count). The van der Waals surface area contributed by atoms with Crippen molar-refractivity contribution in [3.8, 4) is 11.8 Å². The highest BCUT2D eigenvalue weighted by atomic mass is 32.1. The molecule has 0 saturated heterocycles. The van der Waals surface area contributed by atoms with Gasteiger partial charge >= 0.3 is 0 Å². The molecule has 0 unspecified atom stereocenters. The van der Waals surface area contributed by atoms with Crippen LogP contribution in [0.5, 0.6) is 0 Å². The molecule has 3 aromatic rings. The minimum Gasteiger partial charge on any atom is -0.322 e. The van der Waals surface area contributed by atoms with Gasteiger partial charge in [0, 0.05) is 22.2 Å². The molecule has 4 heteroatoms. The third kappa shape index (κ3) is 4.30. The van der Waals surface area contributed by atoms with E-state index in [1.807, 2.05) is 50.2 Å². The Balaban J connectivity index is 1.81. The zero-order valence-corrected chi connectivity index (χ0v) is 16.5. The second-order valence-corrected chi connectivity index (χ2v) is 8.63. The first-order chi connectivity index (χ1) is 12.2. The second kappa shape index (κ2) is 6.93. The summed E-state index contributed by atoms with van der Waals surface area (Å²) < 4.78 is 1.12. The average Bonchev–Trinajstić information content (AvgIpc) is 2.91. The smallest absolute Gasteiger partial charge is 0.255 e. The minimum absolute atomic E-state index is 0.0450. The van der Waals surface area contributed by atoms with E-state index in [9.17, 15) is 4.79 Å². The highest BCUT2D eigenvalue weighted by Gasteiger charge is 2.11. The molecule has 0 radical (unpaired) electrons. The molecule has 3 nitrogen and oxygen atoms in total. The average molecular weight is 362 g/mol. The van der Waals surface area contributed by atoms with Crippen molar-refractivity contribution in [3.05, 3.63) is 58.1 Å². The number of aryl methyl sites for hydroxylation is 2. The molecule has 1 amide bonds. The summed E-state index contributed by atoms with van der Waals surface area (Å²) in [6, 6.07) is 11.5. The molecule has 0 saturated carbocycles. The Morgan fingerprint density at radius 3 is 2.58 bits per heavy atom. The van der Waals surface area contributed by atoms with E-state index in [2.05, 4.69) is 42.9 Å². The first-order valence-corrected chi connectivity index (χ1v) is 9.35. The van der Waals surface area contributed by atoms with Gasteiger partial charge in [-0.2, -0.15) is 0 Å². The number of amides is 1. The van der Waals surface area contributed by atoms with Crippen LogP contribution in [0.3, 0.4) is 0 Å². The van der Waals surface area contributed by atoms with E-state index < -0.39 is 0 Å². The van der Waals surface area contributed by atoms with Crippen molar-refractivity contribution in [2.75, 3.05) is 5.32 Å². The molecular weight excluding hydrogens is 340 g/mol. The second-order valence-electron chi connectivity index (χ2n) is 7.40. The topological polar surface area (TPSA) is 42.0 Å². The minimum atomic E-state index is -0.121. The van der Waals surface area contributed by atoms with Gasteiger partial charge in [0.05, 0.1) is 15.2 Å². The van der Waals surface area contributed by atoms with Crippen molar-refractivity contribution in [1.29, 1.82) is 0 Å². The number of anilines is 1. The Hall–Kier alpha value is -2.64. The van der Waals surface area contributed by atoms with Crippen LogP contribution in [0.1, 0.15) is 47.3 Å². The van der Waals surface area contributed by atoms with Crippen molar-refractivity contribution in [1.82, 2.24) is 4.98 Å². The van der Waals surface area contributed by atoms with E-state index in [0.29, 0.717) is 5.56 Å². The molecule has 132 valence electrons. The Labute approximate surface area is 158 Å². The normalized spacial score (nSPS) is 11.1. The van der Waals surface area contributed by atoms with E-state index >= 15 is 0 Å². The lowest BCUT2D eigenvalue weighted by molar-refractivity contribution is 0.102. The van der Waals surface area contributed by atoms with Crippen LogP contribution < -0.4 is 5.32 Å². The highest BCUT2D eigenvalue weighted by Crippen LogP contribution is 2.25. The van der Waals surface area contributed by atoms with E-state index in [1.165, 1.54) is 0 Å². The summed E-state index contributed by atoms with van der Waals surface area (Å²) in [5, 5.41) is 3.99. The Morgan fingerprint density at radius 1 is 1.12 bits per heavy atom. The monoisotopic (exact) mass is 362 g/mol. The number of carbonyl (C=O) groups excluding carboxylic acids is 1. The van der Waals surface area contributed by atoms with Gasteiger partial charge in [0.2, 0.25) is 0 Å². The van der Waals surface area contributed by atoms with Crippen molar-refractivity contribution in [2.24, 2.45) is 5.41 Å². The molecule has 0 aliphatic rings. The molecule has 1 heterocycles. The molecule has 26 heavy (non-hydrogen) atoms. The van der Waals surface area contributed by atoms with Crippen LogP contribution in [0.2, 0.25) is 0 Å². The van der Waals surface area contributed by atoms with E-state index in [-0.39, 0.29) is 11.3 Å². The number of nitrogens with zero attached hydrogens (tertiary/aromatic N) is 1. The molecule has 0 bridgehead atoms. The highest BCUT2D eigenvalue weighted by molar-refractivity contribution is 7.18. The molecule has 0 spiro atoms. The van der Waals surface area contributed by atoms with E-state index in [4.69, 9.17) is 0 Å². The third-order valence-electron chi connectivity index (χ3n) is 3.81. The summed E-state index contributed by atoms with van der Waals surface area (Å²) in [7, 11) is 0. The van der Waals surface area contributed by atoms with Crippen LogP contribution in [-0.2, 0) is 0 Å². The van der Waals surface area contributed by atoms with Gasteiger partial charge < -0.3 is 5.32 Å². The number of nitrogens with one attached hydrogen (secondary N) is 1. The maximum Gasteiger partial charge on any atom is 0.255 e. The third-order valence-corrected chi connectivity index (χ3v) is 4.76. The van der Waals surface area contributed by atoms with Gasteiger partial charge in [-0.25, -0.2) is 4.98 Å². The fraction of sp³-hybridized carbons (Fsp3) is 0.273. The summed E-state index contributed by atoms with van der Waals surface area (Å²) in [5.41, 5.74) is 4.11. The zero-order valence-electron chi connectivity index (χ0n) is 15.7. The maximum absolute atomic E-state index is 12.6. The van der Waals surface area contributed by atoms with Crippen LogP contribution in [0, 0.1) is 31.1 Å². The molecule has 2 aromatic carbocycles. The number of rotatable bonds is 2. The number of hydrogen-bond acceptors (Lipinski definition) is 3. The molecule has 1 aromatic heterocycles. The fourth-order valence-electron chi connectivity index (χ4n) is 2.57. The van der Waals surface area contributed by atoms with Gasteiger partial charge in [-0.05, 0) is 76.6 Å². The summed E-state index contributed by atoms with van der Waals surface area (Å²) in [6.07, 6.45) is 0. The SMILES string of the molecule is Cc1nc2cc(NC(=O)c3ccc(C#CC(C)(C)C)cc3C)ccc2s1. The largest absolute Gasteiger partial charge is 0.322 e. The molecular formula is C22H22N2OS. The van der Waals surface area contributed by atoms with Crippen LogP contribution in [0.15, 0.2) is 36.4 Å². The van der Waals surface area contributed by atoms with Crippen molar-refractivity contribution < 1.29 is 4.79 Å². The number of thiazole rings is 1. The van der Waals surface area contributed by atoms with Gasteiger partial charge in [0.15, 0.2) is 0 Å². The zero-order chi connectivity index (χ0) is 18.9. The molecule has 0 fully saturated rings. The van der Waals surface area contributed by atoms with Gasteiger partial charge in [-0.3, -0.25) is 4.79 Å². The van der Waals surface area contributed by atoms with Crippen molar-refractivity contribution in [3.63, 3.8) is 0 Å². The summed E-state index contributed by atoms with van der Waals surface area (Å²) >= 11 is 1.65. The molecule has 0 atom stereocenters. The van der Waals surface area contributed by atoms with Crippen molar-refractivity contribution >= 4 is 33.1 Å². The van der Waals surface area contributed by atoms with Crippen LogP contribution >= 0.6 is 11.3 Å². The van der Waals surface area contributed by atoms with E-state index in [1.54, 1.807) is 11.3 Å². The quantitative estimate of drug-likeness (QED) is 0.606. The summed E-state index contributed by atoms with van der Waals surface area (Å²) in [5.74, 6) is 6.27. The maximum atomic E-state index is 12.6. The number of fused-ring (bicyclic) bond motifs is 1. The lowest BCUT2D eigenvalue weighted by atomic mass is 9.97. The van der Waals surface area contributed by atoms with Crippen LogP contribution in [-0.4, -0.2) is 10.9 Å². The van der Waals surface area contributed by atoms with Crippen LogP contribution in [0.4, 0.5) is 5.69 Å². The number of aromatic nitrogens is 1. The molecule has 0 aliphatic carbocycles. The van der Waals surface area contributed by atoms with Crippen LogP contribution in [0.25, 0.3) is 10.2 Å². The first-order valence-electron chi connectivity index (χ1n) is 8.54. The fourth-order valence-corrected chi connectivity index (χ4v) is 3.38. The summed E-state index contributed by atoms with van der Waals surface area (Å²) in [6.45, 7) is 10.2. The Kier molecular flexibility index (Phi) is 4.84.